The maximum Gasteiger partial charge on any atom is 0.356 e. The van der Waals surface area contributed by atoms with Crippen LogP contribution in [0.3, 0.4) is 0 Å². The van der Waals surface area contributed by atoms with Gasteiger partial charge in [0.15, 0.2) is 0 Å². The van der Waals surface area contributed by atoms with Gasteiger partial charge in [-0.25, -0.2) is 9.78 Å². The van der Waals surface area contributed by atoms with E-state index in [1.807, 2.05) is 18.2 Å². The van der Waals surface area contributed by atoms with Gasteiger partial charge in [-0.3, -0.25) is 0 Å². The van der Waals surface area contributed by atoms with Gasteiger partial charge in [0.2, 0.25) is 0 Å². The minimum atomic E-state index is -0.420. The molecular formula is C21H24N2O3. The highest BCUT2D eigenvalue weighted by Gasteiger charge is 2.16. The fraction of sp³-hybridized carbons (Fsp3) is 0.333. The molecule has 2 heterocycles. The molecule has 0 spiro atoms. The van der Waals surface area contributed by atoms with Gasteiger partial charge in [-0.1, -0.05) is 19.9 Å². The van der Waals surface area contributed by atoms with Crippen LogP contribution in [-0.4, -0.2) is 29.7 Å². The van der Waals surface area contributed by atoms with Gasteiger partial charge in [0, 0.05) is 16.6 Å². The molecule has 0 N–H and O–H groups in total. The van der Waals surface area contributed by atoms with Crippen molar-refractivity contribution < 1.29 is 14.3 Å². The van der Waals surface area contributed by atoms with Crippen LogP contribution in [0.1, 0.15) is 48.1 Å². The SMILES string of the molecule is CCC(C)c1cc2cc(OC)ccc2n1Cc1cccc(C(=O)OC)n1. The number of pyridine rings is 1. The summed E-state index contributed by atoms with van der Waals surface area (Å²) in [6.07, 6.45) is 1.04. The number of methoxy groups -OCH3 is 2. The van der Waals surface area contributed by atoms with E-state index in [1.54, 1.807) is 13.2 Å². The van der Waals surface area contributed by atoms with E-state index in [0.717, 1.165) is 28.8 Å². The predicted octanol–water partition coefficient (Wildman–Crippen LogP) is 4.39. The van der Waals surface area contributed by atoms with E-state index in [4.69, 9.17) is 9.47 Å². The summed E-state index contributed by atoms with van der Waals surface area (Å²) in [5.74, 6) is 0.837. The largest absolute Gasteiger partial charge is 0.497 e. The first-order valence-electron chi connectivity index (χ1n) is 8.78. The molecule has 5 heteroatoms. The quantitative estimate of drug-likeness (QED) is 0.617. The van der Waals surface area contributed by atoms with Gasteiger partial charge in [-0.2, -0.15) is 0 Å². The summed E-state index contributed by atoms with van der Waals surface area (Å²) in [4.78, 5) is 16.2. The maximum atomic E-state index is 11.8. The first-order valence-corrected chi connectivity index (χ1v) is 8.78. The first kappa shape index (κ1) is 18.0. The summed E-state index contributed by atoms with van der Waals surface area (Å²) in [6.45, 7) is 5.00. The van der Waals surface area contributed by atoms with Crippen LogP contribution in [0.5, 0.6) is 5.75 Å². The van der Waals surface area contributed by atoms with Crippen LogP contribution in [0, 0.1) is 0 Å². The number of hydrogen-bond donors (Lipinski definition) is 0. The number of rotatable bonds is 6. The summed E-state index contributed by atoms with van der Waals surface area (Å²) < 4.78 is 12.4. The summed E-state index contributed by atoms with van der Waals surface area (Å²) >= 11 is 0. The average Bonchev–Trinajstić information content (AvgIpc) is 3.04. The highest BCUT2D eigenvalue weighted by Crippen LogP contribution is 2.30. The van der Waals surface area contributed by atoms with Crippen molar-refractivity contribution in [3.63, 3.8) is 0 Å². The van der Waals surface area contributed by atoms with Crippen molar-refractivity contribution in [2.24, 2.45) is 0 Å². The van der Waals surface area contributed by atoms with Crippen molar-refractivity contribution in [1.82, 2.24) is 9.55 Å². The van der Waals surface area contributed by atoms with Gasteiger partial charge in [-0.15, -0.1) is 0 Å². The van der Waals surface area contributed by atoms with Crippen LogP contribution in [0.25, 0.3) is 10.9 Å². The van der Waals surface area contributed by atoms with Crippen molar-refractivity contribution >= 4 is 16.9 Å². The minimum Gasteiger partial charge on any atom is -0.497 e. The van der Waals surface area contributed by atoms with Gasteiger partial charge < -0.3 is 14.0 Å². The molecule has 0 aliphatic rings. The Morgan fingerprint density at radius 1 is 1.19 bits per heavy atom. The molecule has 0 saturated carbocycles. The zero-order valence-corrected chi connectivity index (χ0v) is 15.7. The number of ether oxygens (including phenoxy) is 2. The van der Waals surface area contributed by atoms with Crippen LogP contribution in [0.2, 0.25) is 0 Å². The van der Waals surface area contributed by atoms with E-state index in [0.29, 0.717) is 18.2 Å². The number of hydrogen-bond acceptors (Lipinski definition) is 4. The molecule has 26 heavy (non-hydrogen) atoms. The molecule has 0 fully saturated rings. The smallest absolute Gasteiger partial charge is 0.356 e. The first-order chi connectivity index (χ1) is 12.6. The van der Waals surface area contributed by atoms with Gasteiger partial charge in [0.05, 0.1) is 26.5 Å². The molecule has 0 amide bonds. The molecule has 136 valence electrons. The van der Waals surface area contributed by atoms with Crippen LogP contribution in [0.15, 0.2) is 42.5 Å². The second kappa shape index (κ2) is 7.60. The maximum absolute atomic E-state index is 11.8. The molecule has 3 aromatic rings. The van der Waals surface area contributed by atoms with Crippen molar-refractivity contribution in [2.45, 2.75) is 32.7 Å². The van der Waals surface area contributed by atoms with Crippen LogP contribution in [0.4, 0.5) is 0 Å². The molecule has 1 unspecified atom stereocenters. The second-order valence-electron chi connectivity index (χ2n) is 6.40. The minimum absolute atomic E-state index is 0.327. The van der Waals surface area contributed by atoms with Crippen LogP contribution in [-0.2, 0) is 11.3 Å². The number of esters is 1. The fourth-order valence-corrected chi connectivity index (χ4v) is 3.14. The van der Waals surface area contributed by atoms with Gasteiger partial charge in [0.1, 0.15) is 11.4 Å². The topological polar surface area (TPSA) is 53.4 Å². The zero-order valence-electron chi connectivity index (χ0n) is 15.7. The van der Waals surface area contributed by atoms with Crippen molar-refractivity contribution in [3.8, 4) is 5.75 Å². The lowest BCUT2D eigenvalue weighted by atomic mass is 10.0. The zero-order chi connectivity index (χ0) is 18.7. The van der Waals surface area contributed by atoms with E-state index < -0.39 is 5.97 Å². The van der Waals surface area contributed by atoms with Crippen molar-refractivity contribution in [1.29, 1.82) is 0 Å². The molecule has 1 aromatic carbocycles. The molecular weight excluding hydrogens is 328 g/mol. The Bertz CT molecular complexity index is 930. The number of carbonyl (C=O) groups excluding carboxylic acids is 1. The van der Waals surface area contributed by atoms with Crippen molar-refractivity contribution in [2.75, 3.05) is 14.2 Å². The third kappa shape index (κ3) is 3.43. The number of aromatic nitrogens is 2. The van der Waals surface area contributed by atoms with E-state index in [2.05, 4.69) is 41.6 Å². The summed E-state index contributed by atoms with van der Waals surface area (Å²) in [7, 11) is 3.04. The summed E-state index contributed by atoms with van der Waals surface area (Å²) in [6, 6.07) is 13.8. The summed E-state index contributed by atoms with van der Waals surface area (Å²) in [5.41, 5.74) is 3.53. The highest BCUT2D eigenvalue weighted by atomic mass is 16.5. The van der Waals surface area contributed by atoms with E-state index in [9.17, 15) is 4.79 Å². The molecule has 1 atom stereocenters. The summed E-state index contributed by atoms with van der Waals surface area (Å²) in [5, 5.41) is 1.14. The van der Waals surface area contributed by atoms with E-state index >= 15 is 0 Å². The Kier molecular flexibility index (Phi) is 5.26. The Morgan fingerprint density at radius 3 is 2.69 bits per heavy atom. The molecule has 0 aliphatic carbocycles. The third-order valence-corrected chi connectivity index (χ3v) is 4.78. The Hall–Kier alpha value is -2.82. The highest BCUT2D eigenvalue weighted by molar-refractivity contribution is 5.87. The fourth-order valence-electron chi connectivity index (χ4n) is 3.14. The lowest BCUT2D eigenvalue weighted by Crippen LogP contribution is -2.10. The Labute approximate surface area is 153 Å². The number of benzene rings is 1. The monoisotopic (exact) mass is 352 g/mol. The van der Waals surface area contributed by atoms with Gasteiger partial charge >= 0.3 is 5.97 Å². The molecule has 3 rings (SSSR count). The third-order valence-electron chi connectivity index (χ3n) is 4.78. The Morgan fingerprint density at radius 2 is 2.00 bits per heavy atom. The Balaban J connectivity index is 2.07. The molecule has 0 saturated heterocycles. The van der Waals surface area contributed by atoms with E-state index in [1.165, 1.54) is 12.8 Å². The molecule has 2 aromatic heterocycles. The van der Waals surface area contributed by atoms with Crippen LogP contribution < -0.4 is 4.74 Å². The van der Waals surface area contributed by atoms with Gasteiger partial charge in [-0.05, 0) is 48.7 Å². The number of fused-ring (bicyclic) bond motifs is 1. The van der Waals surface area contributed by atoms with Crippen molar-refractivity contribution in [3.05, 3.63) is 59.5 Å². The van der Waals surface area contributed by atoms with Crippen LogP contribution >= 0.6 is 0 Å². The normalized spacial score (nSPS) is 12.2. The average molecular weight is 352 g/mol. The number of nitrogens with zero attached hydrogens (tertiary/aromatic N) is 2. The molecule has 0 aliphatic heterocycles. The van der Waals surface area contributed by atoms with E-state index in [-0.39, 0.29) is 0 Å². The lowest BCUT2D eigenvalue weighted by Gasteiger charge is -2.15. The standard InChI is InChI=1S/C21H24N2O3/c1-5-14(2)20-12-15-11-17(25-3)9-10-19(15)23(20)13-16-7-6-8-18(22-16)21(24)26-4/h6-12,14H,5,13H2,1-4H3. The molecule has 0 radical (unpaired) electrons. The molecule has 5 nitrogen and oxygen atoms in total. The second-order valence-corrected chi connectivity index (χ2v) is 6.40. The van der Waals surface area contributed by atoms with Gasteiger partial charge in [0.25, 0.3) is 0 Å². The predicted molar refractivity (Wildman–Crippen MR) is 102 cm³/mol. The lowest BCUT2D eigenvalue weighted by molar-refractivity contribution is 0.0593. The number of carbonyl (C=O) groups is 1. The molecule has 0 bridgehead atoms.